The number of aryl methyl sites for hydroxylation is 1. The van der Waals surface area contributed by atoms with Crippen LogP contribution in [0.3, 0.4) is 0 Å². The number of halogens is 3. The van der Waals surface area contributed by atoms with E-state index in [0.717, 1.165) is 10.4 Å². The number of aromatic nitrogens is 4. The molecule has 0 aliphatic carbocycles. The summed E-state index contributed by atoms with van der Waals surface area (Å²) in [4.78, 5) is 11.6. The van der Waals surface area contributed by atoms with Crippen molar-refractivity contribution in [1.82, 2.24) is 25.0 Å². The Morgan fingerprint density at radius 2 is 2.23 bits per heavy atom. The van der Waals surface area contributed by atoms with Crippen molar-refractivity contribution in [3.05, 3.63) is 35.9 Å². The quantitative estimate of drug-likeness (QED) is 0.663. The number of carbonyl (C=O) groups excluding carboxylic acids is 1. The molecule has 22 heavy (non-hydrogen) atoms. The molecule has 2 rings (SSSR count). The highest BCUT2D eigenvalue weighted by atomic mass is 19.4. The average Bonchev–Trinajstić information content (AvgIpc) is 2.98. The van der Waals surface area contributed by atoms with E-state index in [0.29, 0.717) is 0 Å². The van der Waals surface area contributed by atoms with Crippen molar-refractivity contribution in [2.45, 2.75) is 26.2 Å². The van der Waals surface area contributed by atoms with Crippen LogP contribution in [0.1, 0.15) is 11.4 Å². The van der Waals surface area contributed by atoms with Crippen molar-refractivity contribution in [3.63, 3.8) is 0 Å². The lowest BCUT2D eigenvalue weighted by atomic mass is 10.5. The second kappa shape index (κ2) is 6.41. The predicted molar refractivity (Wildman–Crippen MR) is 71.0 cm³/mol. The molecule has 0 atom stereocenters. The van der Waals surface area contributed by atoms with E-state index in [9.17, 15) is 18.0 Å². The molecule has 0 fully saturated rings. The van der Waals surface area contributed by atoms with Gasteiger partial charge in [-0.15, -0.1) is 0 Å². The summed E-state index contributed by atoms with van der Waals surface area (Å²) in [5.74, 6) is -0.405. The van der Waals surface area contributed by atoms with Crippen LogP contribution in [0.2, 0.25) is 0 Å². The second-order valence-corrected chi connectivity index (χ2v) is 4.48. The van der Waals surface area contributed by atoms with Gasteiger partial charge in [-0.2, -0.15) is 28.5 Å². The van der Waals surface area contributed by atoms with Crippen molar-refractivity contribution in [2.24, 2.45) is 5.10 Å². The van der Waals surface area contributed by atoms with Crippen molar-refractivity contribution in [3.8, 4) is 0 Å². The molecule has 1 amide bonds. The number of hydrogen-bond donors (Lipinski definition) is 1. The topological polar surface area (TPSA) is 77.1 Å². The van der Waals surface area contributed by atoms with Crippen molar-refractivity contribution in [2.75, 3.05) is 0 Å². The standard InChI is InChI=1S/C12H13F3N6O/c1-9-2-4-17-21(9)7-11(22)18-16-6-10-3-5-20(19-10)8-12(13,14)15/h2-6H,7-8H2,1H3,(H,18,22)/b16-6+. The molecule has 2 aromatic heterocycles. The van der Waals surface area contributed by atoms with Gasteiger partial charge >= 0.3 is 6.18 Å². The Kier molecular flexibility index (Phi) is 4.59. The lowest BCUT2D eigenvalue weighted by Crippen LogP contribution is -2.24. The van der Waals surface area contributed by atoms with E-state index in [4.69, 9.17) is 0 Å². The highest BCUT2D eigenvalue weighted by Gasteiger charge is 2.28. The summed E-state index contributed by atoms with van der Waals surface area (Å²) in [6.45, 7) is 0.626. The van der Waals surface area contributed by atoms with Gasteiger partial charge in [-0.1, -0.05) is 0 Å². The maximum Gasteiger partial charge on any atom is 0.408 e. The Hall–Kier alpha value is -2.65. The number of rotatable bonds is 5. The van der Waals surface area contributed by atoms with E-state index < -0.39 is 18.6 Å². The molecule has 0 aliphatic heterocycles. The maximum absolute atomic E-state index is 12.2. The molecule has 2 heterocycles. The van der Waals surface area contributed by atoms with Crippen molar-refractivity contribution in [1.29, 1.82) is 0 Å². The summed E-state index contributed by atoms with van der Waals surface area (Å²) in [6, 6.07) is 3.11. The molecule has 0 unspecified atom stereocenters. The third-order valence-corrected chi connectivity index (χ3v) is 2.61. The van der Waals surface area contributed by atoms with E-state index >= 15 is 0 Å². The Morgan fingerprint density at radius 1 is 1.45 bits per heavy atom. The van der Waals surface area contributed by atoms with Crippen LogP contribution in [-0.4, -0.2) is 37.9 Å². The van der Waals surface area contributed by atoms with E-state index in [1.807, 2.05) is 0 Å². The SMILES string of the molecule is Cc1ccnn1CC(=O)N/N=C/c1ccn(CC(F)(F)F)n1. The molecule has 0 spiro atoms. The summed E-state index contributed by atoms with van der Waals surface area (Å²) >= 11 is 0. The van der Waals surface area contributed by atoms with Crippen LogP contribution >= 0.6 is 0 Å². The van der Waals surface area contributed by atoms with E-state index in [2.05, 4.69) is 20.7 Å². The van der Waals surface area contributed by atoms with E-state index in [-0.39, 0.29) is 12.2 Å². The zero-order valence-corrected chi connectivity index (χ0v) is 11.6. The molecule has 0 aliphatic rings. The fourth-order valence-corrected chi connectivity index (χ4v) is 1.62. The molecule has 0 aromatic carbocycles. The lowest BCUT2D eigenvalue weighted by molar-refractivity contribution is -0.142. The van der Waals surface area contributed by atoms with Gasteiger partial charge < -0.3 is 0 Å². The minimum Gasteiger partial charge on any atom is -0.271 e. The summed E-state index contributed by atoms with van der Waals surface area (Å²) < 4.78 is 38.7. The molecule has 2 aromatic rings. The number of amides is 1. The van der Waals surface area contributed by atoms with Gasteiger partial charge in [0.15, 0.2) is 0 Å². The minimum absolute atomic E-state index is 0.00130. The van der Waals surface area contributed by atoms with Gasteiger partial charge in [0.05, 0.1) is 6.21 Å². The highest BCUT2D eigenvalue weighted by molar-refractivity contribution is 5.80. The minimum atomic E-state index is -4.34. The normalized spacial score (nSPS) is 12.0. The number of nitrogens with zero attached hydrogens (tertiary/aromatic N) is 5. The van der Waals surface area contributed by atoms with Gasteiger partial charge in [-0.3, -0.25) is 14.2 Å². The van der Waals surface area contributed by atoms with Crippen LogP contribution in [0.25, 0.3) is 0 Å². The summed E-state index contributed by atoms with van der Waals surface area (Å²) in [5.41, 5.74) is 3.28. The monoisotopic (exact) mass is 314 g/mol. The molecule has 0 saturated carbocycles. The molecular weight excluding hydrogens is 301 g/mol. The van der Waals surface area contributed by atoms with Gasteiger partial charge in [0.2, 0.25) is 0 Å². The van der Waals surface area contributed by atoms with Gasteiger partial charge in [-0.25, -0.2) is 5.43 Å². The smallest absolute Gasteiger partial charge is 0.271 e. The van der Waals surface area contributed by atoms with Crippen molar-refractivity contribution >= 4 is 12.1 Å². The van der Waals surface area contributed by atoms with Crippen LogP contribution < -0.4 is 5.43 Å². The van der Waals surface area contributed by atoms with Gasteiger partial charge in [-0.05, 0) is 19.1 Å². The Bertz CT molecular complexity index is 672. The maximum atomic E-state index is 12.2. The van der Waals surface area contributed by atoms with Crippen LogP contribution in [0.15, 0.2) is 29.6 Å². The largest absolute Gasteiger partial charge is 0.408 e. The number of carbonyl (C=O) groups is 1. The van der Waals surface area contributed by atoms with E-state index in [1.54, 1.807) is 19.2 Å². The zero-order valence-electron chi connectivity index (χ0n) is 11.6. The first-order valence-corrected chi connectivity index (χ1v) is 6.24. The van der Waals surface area contributed by atoms with Crippen LogP contribution in [0, 0.1) is 6.92 Å². The third kappa shape index (κ3) is 4.72. The fraction of sp³-hybridized carbons (Fsp3) is 0.333. The van der Waals surface area contributed by atoms with Gasteiger partial charge in [0.25, 0.3) is 5.91 Å². The molecule has 1 N–H and O–H groups in total. The third-order valence-electron chi connectivity index (χ3n) is 2.61. The van der Waals surface area contributed by atoms with Crippen molar-refractivity contribution < 1.29 is 18.0 Å². The van der Waals surface area contributed by atoms with Crippen LogP contribution in [0.5, 0.6) is 0 Å². The Labute approximate surface area is 123 Å². The molecule has 0 radical (unpaired) electrons. The number of hydrogen-bond acceptors (Lipinski definition) is 4. The highest BCUT2D eigenvalue weighted by Crippen LogP contribution is 2.16. The number of alkyl halides is 3. The molecule has 118 valence electrons. The molecule has 7 nitrogen and oxygen atoms in total. The first-order chi connectivity index (χ1) is 10.3. The average molecular weight is 314 g/mol. The molecule has 10 heteroatoms. The lowest BCUT2D eigenvalue weighted by Gasteiger charge is -2.04. The Balaban J connectivity index is 1.85. The zero-order chi connectivity index (χ0) is 16.2. The Morgan fingerprint density at radius 3 is 2.86 bits per heavy atom. The van der Waals surface area contributed by atoms with Gasteiger partial charge in [0.1, 0.15) is 18.8 Å². The van der Waals surface area contributed by atoms with E-state index in [1.165, 1.54) is 23.2 Å². The number of hydrazone groups is 1. The molecule has 0 saturated heterocycles. The summed E-state index contributed by atoms with van der Waals surface area (Å²) in [5, 5.41) is 11.2. The number of nitrogens with one attached hydrogen (secondary N) is 1. The predicted octanol–water partition coefficient (Wildman–Crippen LogP) is 1.10. The van der Waals surface area contributed by atoms with Crippen LogP contribution in [0.4, 0.5) is 13.2 Å². The molecule has 0 bridgehead atoms. The summed E-state index contributed by atoms with van der Waals surface area (Å²) in [7, 11) is 0. The first kappa shape index (κ1) is 15.7. The van der Waals surface area contributed by atoms with Crippen LogP contribution in [-0.2, 0) is 17.9 Å². The summed E-state index contributed by atoms with van der Waals surface area (Å²) in [6.07, 6.45) is -0.417. The second-order valence-electron chi connectivity index (χ2n) is 4.48. The fourth-order valence-electron chi connectivity index (χ4n) is 1.62. The van der Waals surface area contributed by atoms with Gasteiger partial charge in [0, 0.05) is 18.1 Å². The molecular formula is C12H13F3N6O. The first-order valence-electron chi connectivity index (χ1n) is 6.24.